The zero-order valence-corrected chi connectivity index (χ0v) is 7.64. The molecule has 1 aliphatic heterocycles. The minimum Gasteiger partial charge on any atom is -0.391 e. The normalized spacial score (nSPS) is 28.2. The van der Waals surface area contributed by atoms with E-state index in [0.29, 0.717) is 6.54 Å². The Labute approximate surface area is 76.8 Å². The van der Waals surface area contributed by atoms with Crippen LogP contribution in [-0.4, -0.2) is 39.1 Å². The van der Waals surface area contributed by atoms with Crippen molar-refractivity contribution in [1.82, 2.24) is 20.1 Å². The lowest BCUT2D eigenvalue weighted by Gasteiger charge is -2.11. The molecule has 0 aliphatic carbocycles. The highest BCUT2D eigenvalue weighted by atomic mass is 16.3. The van der Waals surface area contributed by atoms with Crippen LogP contribution in [-0.2, 0) is 13.5 Å². The second-order valence-electron chi connectivity index (χ2n) is 3.55. The molecule has 2 unspecified atom stereocenters. The number of nitrogens with zero attached hydrogens (tertiary/aromatic N) is 3. The van der Waals surface area contributed by atoms with Crippen molar-refractivity contribution in [1.29, 1.82) is 0 Å². The molecule has 1 aromatic heterocycles. The van der Waals surface area contributed by atoms with E-state index in [1.807, 2.05) is 11.6 Å². The summed E-state index contributed by atoms with van der Waals surface area (Å²) in [7, 11) is 1.92. The standard InChI is InChI=1S/C8H14N4O/c1-12-5-10-11-8(12)2-6-3-9-4-7(6)13/h5-7,9,13H,2-4H2,1H3. The van der Waals surface area contributed by atoms with Crippen molar-refractivity contribution in [3.8, 4) is 0 Å². The van der Waals surface area contributed by atoms with Gasteiger partial charge in [-0.1, -0.05) is 0 Å². The fraction of sp³-hybridized carbons (Fsp3) is 0.750. The largest absolute Gasteiger partial charge is 0.391 e. The zero-order chi connectivity index (χ0) is 9.26. The van der Waals surface area contributed by atoms with Gasteiger partial charge in [-0.2, -0.15) is 0 Å². The van der Waals surface area contributed by atoms with Gasteiger partial charge < -0.3 is 15.0 Å². The highest BCUT2D eigenvalue weighted by Crippen LogP contribution is 2.13. The lowest BCUT2D eigenvalue weighted by Crippen LogP contribution is -2.21. The fourth-order valence-corrected chi connectivity index (χ4v) is 1.65. The van der Waals surface area contributed by atoms with Gasteiger partial charge in [-0.3, -0.25) is 0 Å². The van der Waals surface area contributed by atoms with E-state index in [9.17, 15) is 5.11 Å². The van der Waals surface area contributed by atoms with Gasteiger partial charge in [0.2, 0.25) is 0 Å². The Morgan fingerprint density at radius 3 is 3.08 bits per heavy atom. The number of rotatable bonds is 2. The lowest BCUT2D eigenvalue weighted by atomic mass is 10.0. The summed E-state index contributed by atoms with van der Waals surface area (Å²) in [5.41, 5.74) is 0. The van der Waals surface area contributed by atoms with Gasteiger partial charge in [0, 0.05) is 32.5 Å². The quantitative estimate of drug-likeness (QED) is 0.612. The molecule has 72 valence electrons. The third kappa shape index (κ3) is 1.71. The van der Waals surface area contributed by atoms with Crippen LogP contribution in [0.25, 0.3) is 0 Å². The average Bonchev–Trinajstić information content (AvgIpc) is 2.65. The minimum atomic E-state index is -0.239. The van der Waals surface area contributed by atoms with Gasteiger partial charge in [-0.25, -0.2) is 0 Å². The molecule has 0 aromatic carbocycles. The van der Waals surface area contributed by atoms with E-state index in [-0.39, 0.29) is 12.0 Å². The summed E-state index contributed by atoms with van der Waals surface area (Å²) in [6, 6.07) is 0. The molecule has 1 aliphatic rings. The number of β-amino-alcohol motifs (C(OH)–C–C–N with tert-alkyl or cyclic N) is 1. The lowest BCUT2D eigenvalue weighted by molar-refractivity contribution is 0.146. The Balaban J connectivity index is 2.01. The van der Waals surface area contributed by atoms with E-state index < -0.39 is 0 Å². The third-order valence-electron chi connectivity index (χ3n) is 2.55. The van der Waals surface area contributed by atoms with Crippen LogP contribution in [0.15, 0.2) is 6.33 Å². The Morgan fingerprint density at radius 1 is 1.69 bits per heavy atom. The summed E-state index contributed by atoms with van der Waals surface area (Å²) in [6.45, 7) is 1.57. The smallest absolute Gasteiger partial charge is 0.132 e. The van der Waals surface area contributed by atoms with Crippen molar-refractivity contribution in [3.63, 3.8) is 0 Å². The van der Waals surface area contributed by atoms with Crippen molar-refractivity contribution in [2.75, 3.05) is 13.1 Å². The van der Waals surface area contributed by atoms with Crippen molar-refractivity contribution in [2.24, 2.45) is 13.0 Å². The first-order valence-corrected chi connectivity index (χ1v) is 4.49. The van der Waals surface area contributed by atoms with Crippen LogP contribution in [0.1, 0.15) is 5.82 Å². The van der Waals surface area contributed by atoms with E-state index in [1.165, 1.54) is 0 Å². The zero-order valence-electron chi connectivity index (χ0n) is 7.64. The molecule has 5 nitrogen and oxygen atoms in total. The number of aromatic nitrogens is 3. The van der Waals surface area contributed by atoms with Gasteiger partial charge in [0.05, 0.1) is 6.10 Å². The summed E-state index contributed by atoms with van der Waals surface area (Å²) >= 11 is 0. The van der Waals surface area contributed by atoms with Crippen LogP contribution in [0.5, 0.6) is 0 Å². The maximum Gasteiger partial charge on any atom is 0.132 e. The highest BCUT2D eigenvalue weighted by Gasteiger charge is 2.26. The van der Waals surface area contributed by atoms with Crippen LogP contribution >= 0.6 is 0 Å². The summed E-state index contributed by atoms with van der Waals surface area (Å²) in [5.74, 6) is 1.22. The van der Waals surface area contributed by atoms with Crippen LogP contribution in [0.3, 0.4) is 0 Å². The Morgan fingerprint density at radius 2 is 2.54 bits per heavy atom. The van der Waals surface area contributed by atoms with Crippen LogP contribution in [0.4, 0.5) is 0 Å². The number of hydrogen-bond acceptors (Lipinski definition) is 4. The number of nitrogens with one attached hydrogen (secondary N) is 1. The molecule has 13 heavy (non-hydrogen) atoms. The van der Waals surface area contributed by atoms with Crippen LogP contribution in [0.2, 0.25) is 0 Å². The number of aliphatic hydroxyl groups is 1. The maximum absolute atomic E-state index is 9.56. The summed E-state index contributed by atoms with van der Waals surface area (Å²) in [6.07, 6.45) is 2.24. The molecule has 1 aromatic rings. The molecular formula is C8H14N4O. The predicted octanol–water partition coefficient (Wildman–Crippen LogP) is -1.06. The van der Waals surface area contributed by atoms with E-state index >= 15 is 0 Å². The number of aryl methyl sites for hydroxylation is 1. The maximum atomic E-state index is 9.56. The Bertz CT molecular complexity index is 285. The molecule has 2 N–H and O–H groups in total. The van der Waals surface area contributed by atoms with Gasteiger partial charge >= 0.3 is 0 Å². The second kappa shape index (κ2) is 3.43. The first-order chi connectivity index (χ1) is 6.27. The van der Waals surface area contributed by atoms with Gasteiger partial charge in [-0.05, 0) is 0 Å². The Kier molecular flexibility index (Phi) is 2.28. The molecule has 0 amide bonds. The van der Waals surface area contributed by atoms with Crippen LogP contribution < -0.4 is 5.32 Å². The third-order valence-corrected chi connectivity index (χ3v) is 2.55. The first-order valence-electron chi connectivity index (χ1n) is 4.49. The predicted molar refractivity (Wildman–Crippen MR) is 47.1 cm³/mol. The van der Waals surface area contributed by atoms with Gasteiger partial charge in [0.25, 0.3) is 0 Å². The van der Waals surface area contributed by atoms with E-state index in [1.54, 1.807) is 6.33 Å². The monoisotopic (exact) mass is 182 g/mol. The summed E-state index contributed by atoms with van der Waals surface area (Å²) in [5, 5.41) is 20.5. The average molecular weight is 182 g/mol. The molecule has 1 saturated heterocycles. The van der Waals surface area contributed by atoms with Crippen molar-refractivity contribution in [3.05, 3.63) is 12.2 Å². The minimum absolute atomic E-state index is 0.239. The van der Waals surface area contributed by atoms with Gasteiger partial charge in [0.1, 0.15) is 12.2 Å². The fourth-order valence-electron chi connectivity index (χ4n) is 1.65. The van der Waals surface area contributed by atoms with Crippen molar-refractivity contribution in [2.45, 2.75) is 12.5 Å². The topological polar surface area (TPSA) is 63.0 Å². The molecule has 0 spiro atoms. The molecule has 2 atom stereocenters. The summed E-state index contributed by atoms with van der Waals surface area (Å²) in [4.78, 5) is 0. The molecule has 0 saturated carbocycles. The molecule has 1 fully saturated rings. The number of hydrogen-bond donors (Lipinski definition) is 2. The summed E-state index contributed by atoms with van der Waals surface area (Å²) < 4.78 is 1.89. The van der Waals surface area contributed by atoms with Crippen molar-refractivity contribution >= 4 is 0 Å². The van der Waals surface area contributed by atoms with E-state index in [2.05, 4.69) is 15.5 Å². The Hall–Kier alpha value is -0.940. The highest BCUT2D eigenvalue weighted by molar-refractivity contribution is 4.92. The molecule has 0 bridgehead atoms. The SMILES string of the molecule is Cn1cnnc1CC1CNCC1O. The van der Waals surface area contributed by atoms with E-state index in [4.69, 9.17) is 0 Å². The van der Waals surface area contributed by atoms with E-state index in [0.717, 1.165) is 18.8 Å². The number of aliphatic hydroxyl groups excluding tert-OH is 1. The van der Waals surface area contributed by atoms with Gasteiger partial charge in [-0.15, -0.1) is 10.2 Å². The molecule has 0 radical (unpaired) electrons. The van der Waals surface area contributed by atoms with Crippen LogP contribution in [0, 0.1) is 5.92 Å². The molecule has 2 heterocycles. The molecule has 5 heteroatoms. The van der Waals surface area contributed by atoms with Gasteiger partial charge in [0.15, 0.2) is 0 Å². The first kappa shape index (κ1) is 8.65. The molecular weight excluding hydrogens is 168 g/mol. The molecule has 2 rings (SSSR count). The second-order valence-corrected chi connectivity index (χ2v) is 3.55. The van der Waals surface area contributed by atoms with Crippen molar-refractivity contribution < 1.29 is 5.11 Å².